The second kappa shape index (κ2) is 11.0. The molecule has 1 atom stereocenters. The Labute approximate surface area is 193 Å². The third-order valence-electron chi connectivity index (χ3n) is 5.07. The van der Waals surface area contributed by atoms with Gasteiger partial charge in [0.1, 0.15) is 5.75 Å². The van der Waals surface area contributed by atoms with Gasteiger partial charge in [-0.1, -0.05) is 17.2 Å². The van der Waals surface area contributed by atoms with Crippen molar-refractivity contribution in [2.75, 3.05) is 25.1 Å². The summed E-state index contributed by atoms with van der Waals surface area (Å²) in [6, 6.07) is 14.0. The molecular formula is C21H22IN5O4. The van der Waals surface area contributed by atoms with E-state index in [2.05, 4.69) is 37.9 Å². The number of rotatable bonds is 7. The molecule has 2 aromatic rings. The van der Waals surface area contributed by atoms with E-state index in [9.17, 15) is 14.7 Å². The van der Waals surface area contributed by atoms with Crippen LogP contribution in [0.25, 0.3) is 10.4 Å². The van der Waals surface area contributed by atoms with E-state index in [1.54, 1.807) is 29.2 Å². The number of piperidine rings is 1. The van der Waals surface area contributed by atoms with Crippen LogP contribution in [0.15, 0.2) is 53.6 Å². The topological polar surface area (TPSA) is 128 Å². The molecule has 1 unspecified atom stereocenters. The number of aliphatic hydroxyl groups is 1. The van der Waals surface area contributed by atoms with E-state index < -0.39 is 6.10 Å². The van der Waals surface area contributed by atoms with Crippen LogP contribution in [0, 0.1) is 9.49 Å². The lowest BCUT2D eigenvalue weighted by Crippen LogP contribution is -2.43. The van der Waals surface area contributed by atoms with Crippen LogP contribution < -0.4 is 10.1 Å². The van der Waals surface area contributed by atoms with Crippen LogP contribution in [0.3, 0.4) is 0 Å². The maximum absolute atomic E-state index is 12.7. The lowest BCUT2D eigenvalue weighted by molar-refractivity contribution is -0.143. The number of likely N-dealkylation sites (tertiary alicyclic amines) is 1. The fourth-order valence-electron chi connectivity index (χ4n) is 3.33. The number of carbonyl (C=O) groups excluding carboxylic acids is 2. The molecule has 2 aromatic carbocycles. The highest BCUT2D eigenvalue weighted by atomic mass is 127. The van der Waals surface area contributed by atoms with Crippen LogP contribution >= 0.6 is 22.6 Å². The Morgan fingerprint density at radius 1 is 1.19 bits per heavy atom. The van der Waals surface area contributed by atoms with Gasteiger partial charge < -0.3 is 20.1 Å². The molecule has 1 aliphatic rings. The smallest absolute Gasteiger partial charge is 0.256 e. The summed E-state index contributed by atoms with van der Waals surface area (Å²) in [6.45, 7) is 0.686. The molecule has 2 N–H and O–H groups in total. The van der Waals surface area contributed by atoms with Crippen molar-refractivity contribution in [2.45, 2.75) is 18.9 Å². The molecule has 0 aliphatic carbocycles. The number of azide groups is 1. The summed E-state index contributed by atoms with van der Waals surface area (Å²) in [5.74, 6) is -0.145. The van der Waals surface area contributed by atoms with E-state index in [0.717, 1.165) is 9.26 Å². The highest BCUT2D eigenvalue weighted by Crippen LogP contribution is 2.24. The number of hydrogen-bond donors (Lipinski definition) is 2. The summed E-state index contributed by atoms with van der Waals surface area (Å²) in [6.07, 6.45) is -0.204. The Morgan fingerprint density at radius 2 is 1.84 bits per heavy atom. The number of aliphatic hydroxyl groups excluding tert-OH is 1. The van der Waals surface area contributed by atoms with Crippen LogP contribution in [0.5, 0.6) is 5.75 Å². The fraction of sp³-hybridized carbons (Fsp3) is 0.333. The molecule has 3 rings (SSSR count). The highest BCUT2D eigenvalue weighted by molar-refractivity contribution is 14.1. The molecule has 1 aliphatic heterocycles. The van der Waals surface area contributed by atoms with E-state index in [4.69, 9.17) is 10.3 Å². The number of ether oxygens (including phenoxy) is 1. The van der Waals surface area contributed by atoms with E-state index in [0.29, 0.717) is 37.2 Å². The number of anilines is 1. The van der Waals surface area contributed by atoms with E-state index >= 15 is 0 Å². The molecule has 0 spiro atoms. The molecule has 0 bridgehead atoms. The van der Waals surface area contributed by atoms with Crippen LogP contribution in [0.4, 0.5) is 5.69 Å². The van der Waals surface area contributed by atoms with Gasteiger partial charge in [-0.25, -0.2) is 0 Å². The fourth-order valence-corrected chi connectivity index (χ4v) is 3.69. The number of nitrogens with one attached hydrogen (secondary N) is 1. The van der Waals surface area contributed by atoms with Gasteiger partial charge in [0, 0.05) is 33.2 Å². The average Bonchev–Trinajstić information content (AvgIpc) is 2.80. The molecule has 1 heterocycles. The molecule has 1 saturated heterocycles. The van der Waals surface area contributed by atoms with Gasteiger partial charge in [0.25, 0.3) is 5.91 Å². The second-order valence-electron chi connectivity index (χ2n) is 7.07. The Balaban J connectivity index is 1.50. The van der Waals surface area contributed by atoms with Crippen molar-refractivity contribution >= 4 is 40.1 Å². The van der Waals surface area contributed by atoms with Crippen molar-refractivity contribution in [3.8, 4) is 5.75 Å². The first-order chi connectivity index (χ1) is 15.0. The maximum Gasteiger partial charge on any atom is 0.256 e. The standard InChI is InChI=1S/C21H22IN5O4/c22-16-3-5-17(6-4-16)25-20(29)15-9-11-27(12-10-15)21(30)19(28)14-1-7-18(8-2-14)31-13-24-26-23/h1-8,15,19,28H,9-13H2,(H,25,29). The molecule has 2 amide bonds. The summed E-state index contributed by atoms with van der Waals surface area (Å²) in [5, 5.41) is 16.7. The number of carbonyl (C=O) groups is 2. The third-order valence-corrected chi connectivity index (χ3v) is 5.79. The molecule has 31 heavy (non-hydrogen) atoms. The Kier molecular flexibility index (Phi) is 8.10. The molecule has 162 valence electrons. The normalized spacial score (nSPS) is 15.0. The van der Waals surface area contributed by atoms with Gasteiger partial charge in [0.2, 0.25) is 5.91 Å². The second-order valence-corrected chi connectivity index (χ2v) is 8.32. The van der Waals surface area contributed by atoms with E-state index in [1.807, 2.05) is 24.3 Å². The molecule has 9 nitrogen and oxygen atoms in total. The van der Waals surface area contributed by atoms with Gasteiger partial charge in [0.05, 0.1) is 0 Å². The maximum atomic E-state index is 12.7. The molecule has 0 radical (unpaired) electrons. The number of hydrogen-bond acceptors (Lipinski definition) is 5. The van der Waals surface area contributed by atoms with Gasteiger partial charge in [-0.05, 0) is 82.9 Å². The summed E-state index contributed by atoms with van der Waals surface area (Å²) in [7, 11) is 0. The van der Waals surface area contributed by atoms with Gasteiger partial charge in [-0.3, -0.25) is 9.59 Å². The van der Waals surface area contributed by atoms with Crippen LogP contribution in [0.2, 0.25) is 0 Å². The summed E-state index contributed by atoms with van der Waals surface area (Å²) in [5.41, 5.74) is 9.45. The van der Waals surface area contributed by atoms with Gasteiger partial charge in [0.15, 0.2) is 12.8 Å². The Morgan fingerprint density at radius 3 is 2.45 bits per heavy atom. The van der Waals surface area contributed by atoms with Gasteiger partial charge in [-0.15, -0.1) is 0 Å². The predicted octanol–water partition coefficient (Wildman–Crippen LogP) is 3.85. The minimum Gasteiger partial charge on any atom is -0.488 e. The highest BCUT2D eigenvalue weighted by Gasteiger charge is 2.30. The zero-order valence-corrected chi connectivity index (χ0v) is 18.8. The minimum absolute atomic E-state index is 0.0508. The largest absolute Gasteiger partial charge is 0.488 e. The Hall–Kier alpha value is -2.82. The first kappa shape index (κ1) is 22.9. The van der Waals surface area contributed by atoms with Crippen molar-refractivity contribution in [3.05, 3.63) is 68.1 Å². The summed E-state index contributed by atoms with van der Waals surface area (Å²) in [4.78, 5) is 29.4. The predicted molar refractivity (Wildman–Crippen MR) is 123 cm³/mol. The van der Waals surface area contributed by atoms with E-state index in [-0.39, 0.29) is 24.5 Å². The van der Waals surface area contributed by atoms with Crippen molar-refractivity contribution in [1.29, 1.82) is 0 Å². The number of benzene rings is 2. The minimum atomic E-state index is -1.29. The van der Waals surface area contributed by atoms with Crippen LogP contribution in [-0.2, 0) is 9.59 Å². The van der Waals surface area contributed by atoms with Gasteiger partial charge in [-0.2, -0.15) is 0 Å². The zero-order chi connectivity index (χ0) is 22.2. The van der Waals surface area contributed by atoms with Crippen molar-refractivity contribution in [3.63, 3.8) is 0 Å². The third kappa shape index (κ3) is 6.33. The van der Waals surface area contributed by atoms with Crippen LogP contribution in [-0.4, -0.2) is 41.6 Å². The summed E-state index contributed by atoms with van der Waals surface area (Å²) >= 11 is 2.21. The quantitative estimate of drug-likeness (QED) is 0.242. The number of nitrogens with zero attached hydrogens (tertiary/aromatic N) is 4. The number of amides is 2. The zero-order valence-electron chi connectivity index (χ0n) is 16.6. The van der Waals surface area contributed by atoms with Crippen molar-refractivity contribution in [1.82, 2.24) is 4.90 Å². The van der Waals surface area contributed by atoms with Gasteiger partial charge >= 0.3 is 0 Å². The molecule has 10 heteroatoms. The molecule has 0 aromatic heterocycles. The molecular weight excluding hydrogens is 513 g/mol. The number of halogens is 1. The SMILES string of the molecule is [N-]=[N+]=NCOc1ccc(C(O)C(=O)N2CCC(C(=O)Nc3ccc(I)cc3)CC2)cc1. The van der Waals surface area contributed by atoms with Crippen LogP contribution in [0.1, 0.15) is 24.5 Å². The van der Waals surface area contributed by atoms with E-state index in [1.165, 1.54) is 0 Å². The summed E-state index contributed by atoms with van der Waals surface area (Å²) < 4.78 is 6.30. The molecule has 1 fully saturated rings. The molecule has 0 saturated carbocycles. The Bertz CT molecular complexity index is 953. The lowest BCUT2D eigenvalue weighted by atomic mass is 9.95. The average molecular weight is 535 g/mol. The first-order valence-corrected chi connectivity index (χ1v) is 10.8. The van der Waals surface area contributed by atoms with Crippen molar-refractivity contribution < 1.29 is 19.4 Å². The monoisotopic (exact) mass is 535 g/mol. The lowest BCUT2D eigenvalue weighted by Gasteiger charge is -2.32. The van der Waals surface area contributed by atoms with Crippen molar-refractivity contribution in [2.24, 2.45) is 11.0 Å². The first-order valence-electron chi connectivity index (χ1n) is 9.75.